The second kappa shape index (κ2) is 5.00. The highest BCUT2D eigenvalue weighted by molar-refractivity contribution is 5.83. The fourth-order valence-electron chi connectivity index (χ4n) is 2.74. The van der Waals surface area contributed by atoms with Crippen molar-refractivity contribution in [1.29, 1.82) is 0 Å². The summed E-state index contributed by atoms with van der Waals surface area (Å²) in [7, 11) is 0. The van der Waals surface area contributed by atoms with Crippen molar-refractivity contribution in [1.82, 2.24) is 9.80 Å². The zero-order valence-electron chi connectivity index (χ0n) is 11.5. The number of nitrogens with zero attached hydrogens (tertiary/aromatic N) is 2. The molecule has 0 radical (unpaired) electrons. The number of aliphatic hydroxyl groups excluding tert-OH is 1. The number of rotatable bonds is 1. The van der Waals surface area contributed by atoms with Crippen LogP contribution in [0.5, 0.6) is 0 Å². The van der Waals surface area contributed by atoms with Crippen LogP contribution in [0.1, 0.15) is 33.1 Å². The van der Waals surface area contributed by atoms with Crippen LogP contribution in [0.3, 0.4) is 0 Å². The molecule has 0 spiro atoms. The van der Waals surface area contributed by atoms with Crippen molar-refractivity contribution in [2.24, 2.45) is 5.41 Å². The van der Waals surface area contributed by atoms with Crippen molar-refractivity contribution >= 4 is 12.0 Å². The summed E-state index contributed by atoms with van der Waals surface area (Å²) in [6.07, 6.45) is 1.24. The van der Waals surface area contributed by atoms with Gasteiger partial charge in [-0.2, -0.15) is 0 Å². The van der Waals surface area contributed by atoms with Crippen LogP contribution in [0, 0.1) is 5.41 Å². The number of urea groups is 1. The Bertz CT molecular complexity index is 373. The van der Waals surface area contributed by atoms with E-state index in [1.165, 1.54) is 4.90 Å². The lowest BCUT2D eigenvalue weighted by Crippen LogP contribution is -2.51. The first-order valence-corrected chi connectivity index (χ1v) is 6.76. The van der Waals surface area contributed by atoms with E-state index >= 15 is 0 Å². The fourth-order valence-corrected chi connectivity index (χ4v) is 2.74. The Morgan fingerprint density at radius 3 is 2.32 bits per heavy atom. The van der Waals surface area contributed by atoms with Crippen molar-refractivity contribution in [3.05, 3.63) is 0 Å². The average molecular weight is 270 g/mol. The quantitative estimate of drug-likeness (QED) is 0.736. The first-order chi connectivity index (χ1) is 8.80. The molecule has 2 fully saturated rings. The molecule has 6 nitrogen and oxygen atoms in total. The summed E-state index contributed by atoms with van der Waals surface area (Å²) in [4.78, 5) is 26.5. The number of aliphatic carboxylic acids is 1. The number of aliphatic hydroxyl groups is 1. The molecule has 2 unspecified atom stereocenters. The molecule has 2 amide bonds. The molecule has 2 atom stereocenters. The standard InChI is InChI=1S/C13H22N2O4/c1-13(2)3-5-14(6-4-13)12(19)15-8-9(16)7-10(15)11(17)18/h9-10,16H,3-8H2,1-2H3,(H,17,18). The lowest BCUT2D eigenvalue weighted by atomic mass is 9.83. The van der Waals surface area contributed by atoms with Gasteiger partial charge in [0.25, 0.3) is 0 Å². The highest BCUT2D eigenvalue weighted by Gasteiger charge is 2.41. The molecule has 2 N–H and O–H groups in total. The number of hydrogen-bond acceptors (Lipinski definition) is 3. The fraction of sp³-hybridized carbons (Fsp3) is 0.846. The smallest absolute Gasteiger partial charge is 0.326 e. The number of carboxylic acid groups (broad SMARTS) is 1. The largest absolute Gasteiger partial charge is 0.480 e. The maximum Gasteiger partial charge on any atom is 0.326 e. The minimum absolute atomic E-state index is 0.121. The molecule has 0 aliphatic carbocycles. The molecule has 2 aliphatic heterocycles. The van der Waals surface area contributed by atoms with E-state index in [4.69, 9.17) is 5.11 Å². The Balaban J connectivity index is 2.01. The average Bonchev–Trinajstić information content (AvgIpc) is 2.70. The third-order valence-electron chi connectivity index (χ3n) is 4.20. The van der Waals surface area contributed by atoms with E-state index in [1.807, 2.05) is 0 Å². The van der Waals surface area contributed by atoms with Gasteiger partial charge in [0.05, 0.1) is 6.10 Å². The van der Waals surface area contributed by atoms with Crippen molar-refractivity contribution in [3.63, 3.8) is 0 Å². The molecule has 2 heterocycles. The van der Waals surface area contributed by atoms with Gasteiger partial charge in [-0.15, -0.1) is 0 Å². The van der Waals surface area contributed by atoms with Crippen molar-refractivity contribution in [2.45, 2.75) is 45.3 Å². The van der Waals surface area contributed by atoms with Crippen LogP contribution in [0.2, 0.25) is 0 Å². The van der Waals surface area contributed by atoms with Crippen LogP contribution < -0.4 is 0 Å². The molecule has 0 bridgehead atoms. The molecular weight excluding hydrogens is 248 g/mol. The van der Waals surface area contributed by atoms with Crippen LogP contribution in [0.15, 0.2) is 0 Å². The number of amides is 2. The van der Waals surface area contributed by atoms with Gasteiger partial charge < -0.3 is 20.0 Å². The molecule has 2 rings (SSSR count). The summed E-state index contributed by atoms with van der Waals surface area (Å²) in [6, 6.07) is -1.14. The molecule has 2 aliphatic rings. The van der Waals surface area contributed by atoms with Crippen LogP contribution in [0.4, 0.5) is 4.79 Å². The van der Waals surface area contributed by atoms with E-state index in [1.54, 1.807) is 4.90 Å². The zero-order chi connectivity index (χ0) is 14.2. The van der Waals surface area contributed by atoms with Gasteiger partial charge in [0.1, 0.15) is 6.04 Å². The predicted molar refractivity (Wildman–Crippen MR) is 68.7 cm³/mol. The summed E-state index contributed by atoms with van der Waals surface area (Å²) in [5.74, 6) is -1.04. The third-order valence-corrected chi connectivity index (χ3v) is 4.20. The lowest BCUT2D eigenvalue weighted by Gasteiger charge is -2.39. The Morgan fingerprint density at radius 1 is 1.21 bits per heavy atom. The van der Waals surface area contributed by atoms with E-state index in [0.29, 0.717) is 13.1 Å². The highest BCUT2D eigenvalue weighted by Crippen LogP contribution is 2.31. The van der Waals surface area contributed by atoms with E-state index in [-0.39, 0.29) is 24.4 Å². The van der Waals surface area contributed by atoms with Gasteiger partial charge in [-0.1, -0.05) is 13.8 Å². The predicted octanol–water partition coefficient (Wildman–Crippen LogP) is 0.748. The third kappa shape index (κ3) is 3.00. The molecule has 6 heteroatoms. The topological polar surface area (TPSA) is 81.1 Å². The molecule has 0 saturated carbocycles. The van der Waals surface area contributed by atoms with Crippen LogP contribution >= 0.6 is 0 Å². The molecule has 0 aromatic rings. The Kier molecular flexibility index (Phi) is 3.71. The van der Waals surface area contributed by atoms with Crippen LogP contribution in [-0.4, -0.2) is 63.8 Å². The Labute approximate surface area is 113 Å². The van der Waals surface area contributed by atoms with E-state index in [0.717, 1.165) is 12.8 Å². The van der Waals surface area contributed by atoms with E-state index < -0.39 is 18.1 Å². The van der Waals surface area contributed by atoms with E-state index in [2.05, 4.69) is 13.8 Å². The second-order valence-electron chi connectivity index (χ2n) is 6.33. The maximum atomic E-state index is 12.3. The first kappa shape index (κ1) is 14.1. The second-order valence-corrected chi connectivity index (χ2v) is 6.33. The minimum Gasteiger partial charge on any atom is -0.480 e. The lowest BCUT2D eigenvalue weighted by molar-refractivity contribution is -0.141. The SMILES string of the molecule is CC1(C)CCN(C(=O)N2CC(O)CC2C(=O)O)CC1. The summed E-state index contributed by atoms with van der Waals surface area (Å²) in [5.41, 5.74) is 0.244. The zero-order valence-corrected chi connectivity index (χ0v) is 11.5. The van der Waals surface area contributed by atoms with Crippen molar-refractivity contribution in [3.8, 4) is 0 Å². The number of carbonyl (C=O) groups is 2. The molecule has 108 valence electrons. The molecule has 19 heavy (non-hydrogen) atoms. The van der Waals surface area contributed by atoms with Crippen molar-refractivity contribution < 1.29 is 19.8 Å². The Hall–Kier alpha value is -1.30. The van der Waals surface area contributed by atoms with Gasteiger partial charge in [-0.3, -0.25) is 0 Å². The number of β-amino-alcohol motifs (C(OH)–C–C–N with tert-alkyl or cyclic N) is 1. The number of piperidine rings is 1. The van der Waals surface area contributed by atoms with Gasteiger partial charge >= 0.3 is 12.0 Å². The number of hydrogen-bond donors (Lipinski definition) is 2. The normalized spacial score (nSPS) is 30.5. The Morgan fingerprint density at radius 2 is 1.79 bits per heavy atom. The summed E-state index contributed by atoms with van der Waals surface area (Å²) in [5, 5.41) is 18.7. The number of carboxylic acids is 1. The number of likely N-dealkylation sites (tertiary alicyclic amines) is 2. The van der Waals surface area contributed by atoms with Crippen LogP contribution in [-0.2, 0) is 4.79 Å². The molecule has 0 aromatic heterocycles. The van der Waals surface area contributed by atoms with Crippen molar-refractivity contribution in [2.75, 3.05) is 19.6 Å². The summed E-state index contributed by atoms with van der Waals surface area (Å²) < 4.78 is 0. The molecule has 0 aromatic carbocycles. The monoisotopic (exact) mass is 270 g/mol. The highest BCUT2D eigenvalue weighted by atomic mass is 16.4. The van der Waals surface area contributed by atoms with Gasteiger partial charge in [-0.25, -0.2) is 9.59 Å². The van der Waals surface area contributed by atoms with Gasteiger partial charge in [0, 0.05) is 26.1 Å². The van der Waals surface area contributed by atoms with E-state index in [9.17, 15) is 14.7 Å². The summed E-state index contributed by atoms with van der Waals surface area (Å²) in [6.45, 7) is 5.79. The molecule has 2 saturated heterocycles. The minimum atomic E-state index is -1.04. The summed E-state index contributed by atoms with van der Waals surface area (Å²) >= 11 is 0. The first-order valence-electron chi connectivity index (χ1n) is 6.76. The maximum absolute atomic E-state index is 12.3. The number of carbonyl (C=O) groups excluding carboxylic acids is 1. The van der Waals surface area contributed by atoms with Gasteiger partial charge in [-0.05, 0) is 18.3 Å². The molecular formula is C13H22N2O4. The van der Waals surface area contributed by atoms with Crippen LogP contribution in [0.25, 0.3) is 0 Å². The van der Waals surface area contributed by atoms with Gasteiger partial charge in [0.15, 0.2) is 0 Å². The van der Waals surface area contributed by atoms with Gasteiger partial charge in [0.2, 0.25) is 0 Å².